The minimum atomic E-state index is -1.18. The second kappa shape index (κ2) is 11.5. The van der Waals surface area contributed by atoms with Gasteiger partial charge < -0.3 is 25.2 Å². The Morgan fingerprint density at radius 3 is 2.18 bits per heavy atom. The molecule has 0 fully saturated rings. The van der Waals surface area contributed by atoms with Gasteiger partial charge in [0.2, 0.25) is 5.91 Å². The Morgan fingerprint density at radius 1 is 1.03 bits per heavy atom. The fourth-order valence-electron chi connectivity index (χ4n) is 4.16. The Kier molecular flexibility index (Phi) is 8.43. The van der Waals surface area contributed by atoms with Gasteiger partial charge in [0.25, 0.3) is 0 Å². The van der Waals surface area contributed by atoms with E-state index in [1.807, 2.05) is 43.3 Å². The average Bonchev–Trinajstić information content (AvgIpc) is 3.13. The third kappa shape index (κ3) is 5.90. The topological polar surface area (TPSA) is 114 Å². The number of methoxy groups -OCH3 is 1. The Bertz CT molecular complexity index is 947. The molecule has 3 N–H and O–H groups in total. The Morgan fingerprint density at radius 2 is 1.64 bits per heavy atom. The zero-order chi connectivity index (χ0) is 23.8. The molecule has 8 nitrogen and oxygen atoms in total. The highest BCUT2D eigenvalue weighted by Gasteiger charge is 2.29. The van der Waals surface area contributed by atoms with Gasteiger partial charge in [0.15, 0.2) is 6.04 Å². The van der Waals surface area contributed by atoms with E-state index in [1.165, 1.54) is 7.11 Å². The third-order valence-electron chi connectivity index (χ3n) is 5.79. The van der Waals surface area contributed by atoms with E-state index in [0.717, 1.165) is 22.3 Å². The van der Waals surface area contributed by atoms with E-state index in [1.54, 1.807) is 0 Å². The Hall–Kier alpha value is -3.39. The molecule has 2 atom stereocenters. The quantitative estimate of drug-likeness (QED) is 0.481. The van der Waals surface area contributed by atoms with Crippen molar-refractivity contribution >= 4 is 18.0 Å². The molecular formula is C25H30N2O6. The second-order valence-electron chi connectivity index (χ2n) is 8.05. The summed E-state index contributed by atoms with van der Waals surface area (Å²) in [5.41, 5.74) is 4.52. The summed E-state index contributed by atoms with van der Waals surface area (Å²) in [6.45, 7) is 2.01. The molecule has 2 aromatic carbocycles. The lowest BCUT2D eigenvalue weighted by molar-refractivity contribution is -0.144. The highest BCUT2D eigenvalue weighted by molar-refractivity contribution is 5.85. The molecule has 176 valence electrons. The van der Waals surface area contributed by atoms with E-state index in [9.17, 15) is 19.5 Å². The van der Waals surface area contributed by atoms with E-state index in [-0.39, 0.29) is 25.7 Å². The Balaban J connectivity index is 1.57. The minimum Gasteiger partial charge on any atom is -0.480 e. The van der Waals surface area contributed by atoms with Crippen LogP contribution in [0.2, 0.25) is 0 Å². The zero-order valence-electron chi connectivity index (χ0n) is 18.9. The van der Waals surface area contributed by atoms with Crippen molar-refractivity contribution in [2.75, 3.05) is 26.9 Å². The number of benzene rings is 2. The zero-order valence-corrected chi connectivity index (χ0v) is 18.9. The molecule has 0 aliphatic heterocycles. The molecule has 2 amide bonds. The number of carboxylic acids is 1. The Labute approximate surface area is 193 Å². The van der Waals surface area contributed by atoms with Crippen molar-refractivity contribution in [2.45, 2.75) is 31.7 Å². The lowest BCUT2D eigenvalue weighted by atomic mass is 9.98. The van der Waals surface area contributed by atoms with Crippen LogP contribution in [0, 0.1) is 5.92 Å². The number of alkyl carbamates (subject to hydrolysis) is 1. The number of fused-ring (bicyclic) bond motifs is 3. The first-order valence-electron chi connectivity index (χ1n) is 11.1. The molecule has 2 aromatic rings. The fraction of sp³-hybridized carbons (Fsp3) is 0.400. The molecule has 33 heavy (non-hydrogen) atoms. The van der Waals surface area contributed by atoms with Crippen LogP contribution in [-0.2, 0) is 19.1 Å². The molecule has 0 bridgehead atoms. The van der Waals surface area contributed by atoms with Crippen molar-refractivity contribution in [1.82, 2.24) is 10.6 Å². The van der Waals surface area contributed by atoms with Crippen LogP contribution in [0.3, 0.4) is 0 Å². The molecule has 1 aliphatic carbocycles. The van der Waals surface area contributed by atoms with Crippen LogP contribution >= 0.6 is 0 Å². The number of carboxylic acid groups (broad SMARTS) is 1. The SMILES string of the molecule is CCCC(CNC(=O)OCC1c2ccccc2-c2ccccc21)C(=O)N[C@@H](COC)C(=O)O. The van der Waals surface area contributed by atoms with E-state index < -0.39 is 29.9 Å². The lowest BCUT2D eigenvalue weighted by Gasteiger charge is -2.20. The van der Waals surface area contributed by atoms with Crippen molar-refractivity contribution in [2.24, 2.45) is 5.92 Å². The molecule has 1 aliphatic rings. The molecule has 0 saturated heterocycles. The predicted molar refractivity (Wildman–Crippen MR) is 123 cm³/mol. The van der Waals surface area contributed by atoms with Gasteiger partial charge in [-0.05, 0) is 28.7 Å². The number of carbonyl (C=O) groups excluding carboxylic acids is 2. The van der Waals surface area contributed by atoms with E-state index in [4.69, 9.17) is 9.47 Å². The van der Waals surface area contributed by atoms with E-state index in [0.29, 0.717) is 12.8 Å². The smallest absolute Gasteiger partial charge is 0.407 e. The van der Waals surface area contributed by atoms with Crippen LogP contribution in [0.4, 0.5) is 4.79 Å². The molecule has 0 radical (unpaired) electrons. The van der Waals surface area contributed by atoms with Crippen LogP contribution in [-0.4, -0.2) is 56.0 Å². The van der Waals surface area contributed by atoms with Gasteiger partial charge in [-0.1, -0.05) is 61.9 Å². The summed E-state index contributed by atoms with van der Waals surface area (Å²) in [6.07, 6.45) is 0.582. The monoisotopic (exact) mass is 454 g/mol. The number of hydrogen-bond acceptors (Lipinski definition) is 5. The number of ether oxygens (including phenoxy) is 2. The van der Waals surface area contributed by atoms with Crippen LogP contribution in [0.15, 0.2) is 48.5 Å². The average molecular weight is 455 g/mol. The first kappa shape index (κ1) is 24.3. The maximum Gasteiger partial charge on any atom is 0.407 e. The van der Waals surface area contributed by atoms with Crippen LogP contribution in [0.25, 0.3) is 11.1 Å². The van der Waals surface area contributed by atoms with E-state index in [2.05, 4.69) is 22.8 Å². The number of carbonyl (C=O) groups is 3. The number of aliphatic carboxylic acids is 1. The fourth-order valence-corrected chi connectivity index (χ4v) is 4.16. The normalized spacial score (nSPS) is 14.0. The maximum atomic E-state index is 12.6. The number of amides is 2. The summed E-state index contributed by atoms with van der Waals surface area (Å²) in [5.74, 6) is -2.25. The summed E-state index contributed by atoms with van der Waals surface area (Å²) in [4.78, 5) is 36.2. The highest BCUT2D eigenvalue weighted by atomic mass is 16.5. The lowest BCUT2D eigenvalue weighted by Crippen LogP contribution is -2.48. The van der Waals surface area contributed by atoms with Crippen molar-refractivity contribution in [3.8, 4) is 11.1 Å². The minimum absolute atomic E-state index is 0.0513. The summed E-state index contributed by atoms with van der Waals surface area (Å²) in [7, 11) is 1.37. The van der Waals surface area contributed by atoms with Crippen molar-refractivity contribution in [1.29, 1.82) is 0 Å². The van der Waals surface area contributed by atoms with Gasteiger partial charge in [-0.3, -0.25) is 4.79 Å². The standard InChI is InChI=1S/C25H30N2O6/c1-3-8-16(23(28)27-22(15-32-2)24(29)30)13-26-25(31)33-14-21-19-11-6-4-9-17(19)18-10-5-7-12-20(18)21/h4-7,9-12,16,21-22H,3,8,13-15H2,1-2H3,(H,26,31)(H,27,28)(H,29,30)/t16?,22-/m0/s1. The predicted octanol–water partition coefficient (Wildman–Crippen LogP) is 3.16. The van der Waals surface area contributed by atoms with Crippen molar-refractivity contribution in [3.05, 3.63) is 59.7 Å². The summed E-state index contributed by atoms with van der Waals surface area (Å²) in [6, 6.07) is 15.0. The van der Waals surface area contributed by atoms with Gasteiger partial charge in [-0.15, -0.1) is 0 Å². The van der Waals surface area contributed by atoms with Crippen molar-refractivity contribution in [3.63, 3.8) is 0 Å². The third-order valence-corrected chi connectivity index (χ3v) is 5.79. The van der Waals surface area contributed by atoms with E-state index >= 15 is 0 Å². The largest absolute Gasteiger partial charge is 0.480 e. The summed E-state index contributed by atoms with van der Waals surface area (Å²) < 4.78 is 10.4. The molecular weight excluding hydrogens is 424 g/mol. The van der Waals surface area contributed by atoms with Gasteiger partial charge in [0.05, 0.1) is 12.5 Å². The van der Waals surface area contributed by atoms with Gasteiger partial charge in [-0.2, -0.15) is 0 Å². The van der Waals surface area contributed by atoms with Gasteiger partial charge in [0, 0.05) is 19.6 Å². The van der Waals surface area contributed by atoms with Crippen molar-refractivity contribution < 1.29 is 29.0 Å². The number of rotatable bonds is 11. The van der Waals surface area contributed by atoms with Gasteiger partial charge in [0.1, 0.15) is 6.61 Å². The molecule has 1 unspecified atom stereocenters. The first-order valence-corrected chi connectivity index (χ1v) is 11.1. The van der Waals surface area contributed by atoms with Crippen LogP contribution < -0.4 is 10.6 Å². The van der Waals surface area contributed by atoms with Crippen LogP contribution in [0.5, 0.6) is 0 Å². The van der Waals surface area contributed by atoms with Gasteiger partial charge in [-0.25, -0.2) is 9.59 Å². The summed E-state index contributed by atoms with van der Waals surface area (Å²) in [5, 5.41) is 14.3. The molecule has 3 rings (SSSR count). The number of hydrogen-bond donors (Lipinski definition) is 3. The summed E-state index contributed by atoms with van der Waals surface area (Å²) >= 11 is 0. The van der Waals surface area contributed by atoms with Gasteiger partial charge >= 0.3 is 12.1 Å². The number of nitrogens with one attached hydrogen (secondary N) is 2. The highest BCUT2D eigenvalue weighted by Crippen LogP contribution is 2.44. The maximum absolute atomic E-state index is 12.6. The molecule has 0 aromatic heterocycles. The molecule has 0 heterocycles. The molecule has 0 spiro atoms. The first-order chi connectivity index (χ1) is 16.0. The molecule has 0 saturated carbocycles. The molecule has 8 heteroatoms. The second-order valence-corrected chi connectivity index (χ2v) is 8.05. The van der Waals surface area contributed by atoms with Crippen LogP contribution in [0.1, 0.15) is 36.8 Å².